The Hall–Kier alpha value is 0. The van der Waals surface area contributed by atoms with Gasteiger partial charge in [-0.05, 0) is 24.2 Å². The minimum absolute atomic E-state index is 0.694. The highest BCUT2D eigenvalue weighted by molar-refractivity contribution is 4.83. The van der Waals surface area contributed by atoms with Gasteiger partial charge in [-0.2, -0.15) is 0 Å². The highest BCUT2D eigenvalue weighted by atomic mass is 14.4. The lowest BCUT2D eigenvalue weighted by molar-refractivity contribution is 0.111. The summed E-state index contributed by atoms with van der Waals surface area (Å²) in [7, 11) is 0. The highest BCUT2D eigenvalue weighted by Crippen LogP contribution is 2.43. The Bertz CT molecular complexity index is 64.1. The molecule has 1 fully saturated rings. The normalized spacial score (nSPS) is 23.7. The second-order valence-corrected chi connectivity index (χ2v) is 3.68. The van der Waals surface area contributed by atoms with Crippen molar-refractivity contribution in [2.45, 2.75) is 47.5 Å². The van der Waals surface area contributed by atoms with Gasteiger partial charge in [0.15, 0.2) is 0 Å². The highest BCUT2D eigenvalue weighted by Gasteiger charge is 2.32. The van der Waals surface area contributed by atoms with Crippen LogP contribution in [0.15, 0.2) is 0 Å². The van der Waals surface area contributed by atoms with Gasteiger partial charge >= 0.3 is 0 Å². The lowest BCUT2D eigenvalue weighted by Gasteiger charge is -2.40. The van der Waals surface area contributed by atoms with E-state index in [0.717, 1.165) is 5.92 Å². The average molecular weight is 128 g/mol. The molecule has 0 atom stereocenters. The summed E-state index contributed by atoms with van der Waals surface area (Å²) in [5, 5.41) is 0. The van der Waals surface area contributed by atoms with Gasteiger partial charge < -0.3 is 0 Å². The fourth-order valence-corrected chi connectivity index (χ4v) is 1.83. The van der Waals surface area contributed by atoms with Gasteiger partial charge in [-0.1, -0.05) is 34.6 Å². The van der Waals surface area contributed by atoms with Crippen LogP contribution in [0.25, 0.3) is 0 Å². The van der Waals surface area contributed by atoms with Crippen LogP contribution in [0.1, 0.15) is 47.5 Å². The fraction of sp³-hybridized carbons (Fsp3) is 1.00. The Balaban J connectivity index is 0.000000291. The van der Waals surface area contributed by atoms with Gasteiger partial charge in [0.05, 0.1) is 0 Å². The van der Waals surface area contributed by atoms with Crippen LogP contribution in [0.5, 0.6) is 0 Å². The van der Waals surface area contributed by atoms with Crippen molar-refractivity contribution in [3.63, 3.8) is 0 Å². The van der Waals surface area contributed by atoms with E-state index < -0.39 is 0 Å². The van der Waals surface area contributed by atoms with Crippen molar-refractivity contribution in [1.29, 1.82) is 0 Å². The number of rotatable bonds is 0. The van der Waals surface area contributed by atoms with Crippen LogP contribution in [-0.4, -0.2) is 0 Å². The second-order valence-electron chi connectivity index (χ2n) is 3.68. The fourth-order valence-electron chi connectivity index (χ4n) is 1.83. The summed E-state index contributed by atoms with van der Waals surface area (Å²) in [6.07, 6.45) is 2.88. The van der Waals surface area contributed by atoms with Crippen molar-refractivity contribution < 1.29 is 0 Å². The minimum atomic E-state index is 0.694. The molecule has 0 aromatic carbocycles. The Morgan fingerprint density at radius 1 is 1.11 bits per heavy atom. The molecule has 56 valence electrons. The van der Waals surface area contributed by atoms with E-state index in [-0.39, 0.29) is 0 Å². The molecule has 1 rings (SSSR count). The van der Waals surface area contributed by atoms with Crippen LogP contribution < -0.4 is 0 Å². The van der Waals surface area contributed by atoms with E-state index in [0.29, 0.717) is 5.41 Å². The zero-order chi connectivity index (χ0) is 7.49. The monoisotopic (exact) mass is 128 g/mol. The first-order chi connectivity index (χ1) is 4.10. The maximum absolute atomic E-state index is 2.34. The quantitative estimate of drug-likeness (QED) is 0.468. The molecule has 9 heavy (non-hydrogen) atoms. The van der Waals surface area contributed by atoms with Gasteiger partial charge in [0, 0.05) is 0 Å². The summed E-state index contributed by atoms with van der Waals surface area (Å²) in [4.78, 5) is 0. The van der Waals surface area contributed by atoms with Crippen LogP contribution in [0.3, 0.4) is 0 Å². The summed E-state index contributed by atoms with van der Waals surface area (Å²) >= 11 is 0. The molecule has 0 bridgehead atoms. The number of hydrogen-bond acceptors (Lipinski definition) is 0. The Morgan fingerprint density at radius 3 is 1.44 bits per heavy atom. The molecule has 0 N–H and O–H groups in total. The predicted octanol–water partition coefficient (Wildman–Crippen LogP) is 3.47. The minimum Gasteiger partial charge on any atom is -0.0683 e. The van der Waals surface area contributed by atoms with Crippen molar-refractivity contribution in [2.24, 2.45) is 11.3 Å². The zero-order valence-corrected chi connectivity index (χ0v) is 7.49. The van der Waals surface area contributed by atoms with Crippen LogP contribution in [0, 0.1) is 11.3 Å². The summed E-state index contributed by atoms with van der Waals surface area (Å²) in [5.41, 5.74) is 0.694. The third-order valence-electron chi connectivity index (χ3n) is 1.80. The summed E-state index contributed by atoms with van der Waals surface area (Å²) in [6.45, 7) is 11.0. The molecular weight excluding hydrogens is 108 g/mol. The van der Waals surface area contributed by atoms with Gasteiger partial charge in [-0.3, -0.25) is 0 Å². The van der Waals surface area contributed by atoms with Crippen LogP contribution in [-0.2, 0) is 0 Å². The molecule has 0 saturated heterocycles. The van der Waals surface area contributed by atoms with Crippen molar-refractivity contribution in [1.82, 2.24) is 0 Å². The van der Waals surface area contributed by atoms with Crippen LogP contribution in [0.4, 0.5) is 0 Å². The molecule has 0 nitrogen and oxygen atoms in total. The third-order valence-corrected chi connectivity index (χ3v) is 1.80. The molecule has 0 amide bonds. The van der Waals surface area contributed by atoms with Gasteiger partial charge in [0.1, 0.15) is 0 Å². The topological polar surface area (TPSA) is 0 Å². The lowest BCUT2D eigenvalue weighted by Crippen LogP contribution is -2.29. The largest absolute Gasteiger partial charge is 0.0683 e. The molecule has 0 heteroatoms. The third kappa shape index (κ3) is 2.88. The first kappa shape index (κ1) is 9.00. The SMILES string of the molecule is CC.CC1CC(C)(C)C1. The Kier molecular flexibility index (Phi) is 3.24. The smallest absolute Gasteiger partial charge is 0.0349 e. The maximum Gasteiger partial charge on any atom is -0.0349 e. The molecule has 0 unspecified atom stereocenters. The van der Waals surface area contributed by atoms with Crippen LogP contribution >= 0.6 is 0 Å². The van der Waals surface area contributed by atoms with E-state index in [4.69, 9.17) is 0 Å². The summed E-state index contributed by atoms with van der Waals surface area (Å²) in [5.74, 6) is 1.01. The zero-order valence-electron chi connectivity index (χ0n) is 7.49. The van der Waals surface area contributed by atoms with Gasteiger partial charge in [0.2, 0.25) is 0 Å². The lowest BCUT2D eigenvalue weighted by atomic mass is 9.65. The van der Waals surface area contributed by atoms with Gasteiger partial charge in [-0.25, -0.2) is 0 Å². The molecule has 0 spiro atoms. The summed E-state index contributed by atoms with van der Waals surface area (Å²) in [6, 6.07) is 0. The van der Waals surface area contributed by atoms with Crippen LogP contribution in [0.2, 0.25) is 0 Å². The van der Waals surface area contributed by atoms with Crippen molar-refractivity contribution in [2.75, 3.05) is 0 Å². The molecular formula is C9H20. The van der Waals surface area contributed by atoms with Gasteiger partial charge in [-0.15, -0.1) is 0 Å². The molecule has 1 aliphatic carbocycles. The summed E-state index contributed by atoms with van der Waals surface area (Å²) < 4.78 is 0. The molecule has 0 aliphatic heterocycles. The van der Waals surface area contributed by atoms with E-state index in [1.165, 1.54) is 12.8 Å². The molecule has 1 saturated carbocycles. The predicted molar refractivity (Wildman–Crippen MR) is 43.5 cm³/mol. The second kappa shape index (κ2) is 3.24. The Morgan fingerprint density at radius 2 is 1.44 bits per heavy atom. The van der Waals surface area contributed by atoms with Gasteiger partial charge in [0.25, 0.3) is 0 Å². The number of hydrogen-bond donors (Lipinski definition) is 0. The first-order valence-electron chi connectivity index (χ1n) is 4.10. The molecule has 1 aliphatic rings. The first-order valence-corrected chi connectivity index (χ1v) is 4.10. The van der Waals surface area contributed by atoms with E-state index in [1.807, 2.05) is 13.8 Å². The molecule has 0 heterocycles. The van der Waals surface area contributed by atoms with E-state index in [2.05, 4.69) is 20.8 Å². The molecule has 0 aromatic rings. The standard InChI is InChI=1S/C7H14.C2H6/c1-6-4-7(2,3)5-6;1-2/h6H,4-5H2,1-3H3;1-2H3. The molecule has 0 radical (unpaired) electrons. The average Bonchev–Trinajstić information content (AvgIpc) is 1.67. The van der Waals surface area contributed by atoms with E-state index in [9.17, 15) is 0 Å². The Labute approximate surface area is 59.7 Å². The van der Waals surface area contributed by atoms with Crippen molar-refractivity contribution in [3.8, 4) is 0 Å². The van der Waals surface area contributed by atoms with Crippen molar-refractivity contribution >= 4 is 0 Å². The molecule has 0 aromatic heterocycles. The van der Waals surface area contributed by atoms with Crippen molar-refractivity contribution in [3.05, 3.63) is 0 Å². The maximum atomic E-state index is 2.34. The van der Waals surface area contributed by atoms with E-state index >= 15 is 0 Å². The van der Waals surface area contributed by atoms with E-state index in [1.54, 1.807) is 0 Å².